The Hall–Kier alpha value is -2.93. The van der Waals surface area contributed by atoms with Gasteiger partial charge in [0.1, 0.15) is 11.9 Å². The molecule has 2 atom stereocenters. The highest BCUT2D eigenvalue weighted by Crippen LogP contribution is 2.34. The van der Waals surface area contributed by atoms with Crippen LogP contribution in [-0.4, -0.2) is 37.8 Å². The first-order valence-electron chi connectivity index (χ1n) is 10.7. The van der Waals surface area contributed by atoms with Crippen LogP contribution in [0.4, 0.5) is 5.82 Å². The topological polar surface area (TPSA) is 88.8 Å². The molecule has 2 unspecified atom stereocenters. The van der Waals surface area contributed by atoms with Crippen molar-refractivity contribution < 1.29 is 14.6 Å². The van der Waals surface area contributed by atoms with Gasteiger partial charge in [-0.2, -0.15) is 5.10 Å². The number of hydrogen-bond donors (Lipinski definition) is 2. The summed E-state index contributed by atoms with van der Waals surface area (Å²) in [7, 11) is 0. The third-order valence-electron chi connectivity index (χ3n) is 5.87. The Morgan fingerprint density at radius 2 is 2.10 bits per heavy atom. The number of nitrogens with one attached hydrogen (secondary N) is 1. The fraction of sp³-hybridized carbons (Fsp3) is 0.435. The lowest BCUT2D eigenvalue weighted by molar-refractivity contribution is -0.117. The number of aliphatic hydroxyl groups excluding tert-OH is 1. The summed E-state index contributed by atoms with van der Waals surface area (Å²) in [6.45, 7) is 1.96. The number of aryl methyl sites for hydroxylation is 1. The van der Waals surface area contributed by atoms with Gasteiger partial charge in [-0.15, -0.1) is 0 Å². The molecule has 2 fully saturated rings. The summed E-state index contributed by atoms with van der Waals surface area (Å²) in [5.74, 6) is 1.49. The van der Waals surface area contributed by atoms with Gasteiger partial charge in [-0.1, -0.05) is 0 Å². The lowest BCUT2D eigenvalue weighted by Gasteiger charge is -2.27. The quantitative estimate of drug-likeness (QED) is 0.674. The van der Waals surface area contributed by atoms with Crippen LogP contribution in [0.3, 0.4) is 0 Å². The fourth-order valence-electron chi connectivity index (χ4n) is 4.07. The first-order chi connectivity index (χ1) is 14.5. The zero-order valence-electron chi connectivity index (χ0n) is 17.0. The molecule has 7 heteroatoms. The number of hydrogen-bond acceptors (Lipinski definition) is 5. The second-order valence-corrected chi connectivity index (χ2v) is 8.46. The van der Waals surface area contributed by atoms with Gasteiger partial charge in [-0.3, -0.25) is 9.78 Å². The van der Waals surface area contributed by atoms with Gasteiger partial charge in [-0.25, -0.2) is 4.52 Å². The van der Waals surface area contributed by atoms with Crippen molar-refractivity contribution in [2.45, 2.75) is 57.7 Å². The number of ether oxygens (including phenoxy) is 1. The molecular weight excluding hydrogens is 380 g/mol. The Morgan fingerprint density at radius 3 is 2.90 bits per heavy atom. The summed E-state index contributed by atoms with van der Waals surface area (Å²) in [4.78, 5) is 16.5. The molecule has 5 rings (SSSR count). The van der Waals surface area contributed by atoms with Crippen molar-refractivity contribution >= 4 is 17.2 Å². The van der Waals surface area contributed by atoms with Crippen molar-refractivity contribution in [2.24, 2.45) is 5.92 Å². The van der Waals surface area contributed by atoms with Gasteiger partial charge in [0.25, 0.3) is 0 Å². The Balaban J connectivity index is 1.43. The van der Waals surface area contributed by atoms with E-state index in [0.29, 0.717) is 12.2 Å². The van der Waals surface area contributed by atoms with E-state index >= 15 is 0 Å². The van der Waals surface area contributed by atoms with Crippen molar-refractivity contribution in [3.05, 3.63) is 42.4 Å². The molecule has 30 heavy (non-hydrogen) atoms. The van der Waals surface area contributed by atoms with Crippen molar-refractivity contribution in [3.63, 3.8) is 0 Å². The number of nitrogens with zero attached hydrogens (tertiary/aromatic N) is 3. The number of carbonyl (C=O) groups is 1. The largest absolute Gasteiger partial charge is 0.488 e. The van der Waals surface area contributed by atoms with Gasteiger partial charge >= 0.3 is 0 Å². The van der Waals surface area contributed by atoms with Crippen LogP contribution in [0, 0.1) is 12.8 Å². The van der Waals surface area contributed by atoms with E-state index in [1.807, 2.05) is 37.4 Å². The van der Waals surface area contributed by atoms with Crippen molar-refractivity contribution in [3.8, 4) is 16.9 Å². The molecule has 156 valence electrons. The zero-order valence-corrected chi connectivity index (χ0v) is 17.0. The second-order valence-electron chi connectivity index (χ2n) is 8.46. The Morgan fingerprint density at radius 1 is 1.23 bits per heavy atom. The average molecular weight is 406 g/mol. The van der Waals surface area contributed by atoms with Gasteiger partial charge in [0, 0.05) is 35.9 Å². The molecule has 7 nitrogen and oxygen atoms in total. The van der Waals surface area contributed by atoms with E-state index in [-0.39, 0.29) is 24.0 Å². The number of anilines is 1. The SMILES string of the molecule is Cc1cc(-c2ccn3nc(NC(=O)C4CC4)cc3c2)c(OC2CCCC(O)C2)cn1. The first-order valence-corrected chi connectivity index (χ1v) is 10.7. The molecule has 0 radical (unpaired) electrons. The summed E-state index contributed by atoms with van der Waals surface area (Å²) < 4.78 is 8.03. The van der Waals surface area contributed by atoms with Crippen molar-refractivity contribution in [2.75, 3.05) is 5.32 Å². The summed E-state index contributed by atoms with van der Waals surface area (Å²) in [5.41, 5.74) is 3.77. The van der Waals surface area contributed by atoms with Gasteiger partial charge in [-0.05, 0) is 62.8 Å². The minimum atomic E-state index is -0.293. The van der Waals surface area contributed by atoms with Gasteiger partial charge in [0.2, 0.25) is 5.91 Å². The molecule has 1 amide bonds. The highest BCUT2D eigenvalue weighted by molar-refractivity contribution is 5.93. The van der Waals surface area contributed by atoms with Crippen molar-refractivity contribution in [1.82, 2.24) is 14.6 Å². The fourth-order valence-corrected chi connectivity index (χ4v) is 4.07. The van der Waals surface area contributed by atoms with Crippen LogP contribution < -0.4 is 10.1 Å². The molecular formula is C23H26N4O3. The van der Waals surface area contributed by atoms with E-state index in [4.69, 9.17) is 4.74 Å². The standard InChI is InChI=1S/C23H26N4O3/c1-14-9-20(21(13-24-14)30-19-4-2-3-18(28)12-19)16-7-8-27-17(10-16)11-22(26-27)25-23(29)15-5-6-15/h7-11,13,15,18-19,28H,2-6,12H2,1H3,(H,25,26,29). The Labute approximate surface area is 175 Å². The number of carbonyl (C=O) groups excluding carboxylic acids is 1. The minimum Gasteiger partial charge on any atom is -0.488 e. The normalized spacial score (nSPS) is 21.5. The van der Waals surface area contributed by atoms with E-state index in [1.165, 1.54) is 0 Å². The zero-order chi connectivity index (χ0) is 20.7. The summed E-state index contributed by atoms with van der Waals surface area (Å²) in [6.07, 6.45) is 8.70. The molecule has 3 aromatic rings. The van der Waals surface area contributed by atoms with E-state index in [9.17, 15) is 9.90 Å². The van der Waals surface area contributed by atoms with Crippen LogP contribution in [0.15, 0.2) is 36.7 Å². The van der Waals surface area contributed by atoms with Crippen LogP contribution in [0.1, 0.15) is 44.2 Å². The highest BCUT2D eigenvalue weighted by Gasteiger charge is 2.30. The monoisotopic (exact) mass is 406 g/mol. The Kier molecular flexibility index (Phi) is 4.90. The predicted molar refractivity (Wildman–Crippen MR) is 113 cm³/mol. The maximum Gasteiger partial charge on any atom is 0.228 e. The summed E-state index contributed by atoms with van der Waals surface area (Å²) in [5, 5.41) is 17.3. The maximum absolute atomic E-state index is 12.0. The van der Waals surface area contributed by atoms with Gasteiger partial charge in [0.15, 0.2) is 5.82 Å². The molecule has 3 heterocycles. The number of aromatic nitrogens is 3. The third-order valence-corrected chi connectivity index (χ3v) is 5.87. The molecule has 3 aromatic heterocycles. The van der Waals surface area contributed by atoms with Crippen LogP contribution in [-0.2, 0) is 4.79 Å². The van der Waals surface area contributed by atoms with Crippen LogP contribution in [0.25, 0.3) is 16.6 Å². The van der Waals surface area contributed by atoms with E-state index in [0.717, 1.165) is 60.2 Å². The lowest BCUT2D eigenvalue weighted by atomic mass is 9.95. The number of amides is 1. The second kappa shape index (κ2) is 7.72. The molecule has 0 bridgehead atoms. The Bertz CT molecular complexity index is 1090. The third kappa shape index (κ3) is 4.03. The number of fused-ring (bicyclic) bond motifs is 1. The number of rotatable bonds is 5. The summed E-state index contributed by atoms with van der Waals surface area (Å²) in [6, 6.07) is 7.93. The van der Waals surface area contributed by atoms with Crippen molar-refractivity contribution in [1.29, 1.82) is 0 Å². The number of pyridine rings is 2. The molecule has 0 aromatic carbocycles. The molecule has 0 aliphatic heterocycles. The molecule has 2 N–H and O–H groups in total. The van der Waals surface area contributed by atoms with Crippen LogP contribution in [0.5, 0.6) is 5.75 Å². The smallest absolute Gasteiger partial charge is 0.228 e. The molecule has 2 saturated carbocycles. The van der Waals surface area contributed by atoms with Gasteiger partial charge < -0.3 is 15.2 Å². The van der Waals surface area contributed by atoms with Crippen LogP contribution in [0.2, 0.25) is 0 Å². The molecule has 0 saturated heterocycles. The molecule has 2 aliphatic carbocycles. The molecule has 0 spiro atoms. The maximum atomic E-state index is 12.0. The lowest BCUT2D eigenvalue weighted by Crippen LogP contribution is -2.28. The summed E-state index contributed by atoms with van der Waals surface area (Å²) >= 11 is 0. The highest BCUT2D eigenvalue weighted by atomic mass is 16.5. The van der Waals surface area contributed by atoms with E-state index < -0.39 is 0 Å². The molecule has 2 aliphatic rings. The first kappa shape index (κ1) is 19.1. The van der Waals surface area contributed by atoms with Gasteiger partial charge in [0.05, 0.1) is 17.8 Å². The van der Waals surface area contributed by atoms with E-state index in [1.54, 1.807) is 10.7 Å². The van der Waals surface area contributed by atoms with Crippen LogP contribution >= 0.6 is 0 Å². The van der Waals surface area contributed by atoms with E-state index in [2.05, 4.69) is 15.4 Å². The predicted octanol–water partition coefficient (Wildman–Crippen LogP) is 3.74. The average Bonchev–Trinajstić information content (AvgIpc) is 3.50. The minimum absolute atomic E-state index is 0.0000525. The number of aliphatic hydroxyl groups is 1.